The molecule has 0 aromatic carbocycles. The van der Waals surface area contributed by atoms with E-state index < -0.39 is 11.8 Å². The molecule has 0 spiro atoms. The van der Waals surface area contributed by atoms with Crippen LogP contribution in [0.5, 0.6) is 0 Å². The minimum absolute atomic E-state index is 0.0264. The zero-order valence-electron chi connectivity index (χ0n) is 13.6. The summed E-state index contributed by atoms with van der Waals surface area (Å²) in [5.41, 5.74) is -0.0950. The minimum Gasteiger partial charge on any atom is -0.348 e. The molecule has 1 heterocycles. The largest absolute Gasteiger partial charge is 0.348 e. The van der Waals surface area contributed by atoms with E-state index in [-0.39, 0.29) is 17.1 Å². The first-order valence-corrected chi connectivity index (χ1v) is 7.39. The first kappa shape index (κ1) is 17.0. The van der Waals surface area contributed by atoms with Crippen molar-refractivity contribution < 1.29 is 9.59 Å². The van der Waals surface area contributed by atoms with Crippen molar-refractivity contribution in [2.24, 2.45) is 5.92 Å². The van der Waals surface area contributed by atoms with Crippen molar-refractivity contribution in [3.63, 3.8) is 0 Å². The molecule has 5 nitrogen and oxygen atoms in total. The first-order valence-electron chi connectivity index (χ1n) is 7.39. The number of nitrogens with one attached hydrogen (secondary N) is 3. The fraction of sp³-hybridized carbons (Fsp3) is 0.867. The molecular weight excluding hydrogens is 254 g/mol. The number of hydrogen-bond donors (Lipinski definition) is 3. The van der Waals surface area contributed by atoms with E-state index in [1.54, 1.807) is 0 Å². The molecule has 0 aromatic heterocycles. The topological polar surface area (TPSA) is 70.2 Å². The van der Waals surface area contributed by atoms with E-state index in [2.05, 4.69) is 43.6 Å². The van der Waals surface area contributed by atoms with Crippen LogP contribution in [0.15, 0.2) is 0 Å². The van der Waals surface area contributed by atoms with Gasteiger partial charge in [0.15, 0.2) is 0 Å². The highest BCUT2D eigenvalue weighted by Crippen LogP contribution is 2.28. The summed E-state index contributed by atoms with van der Waals surface area (Å²) in [5.74, 6) is -0.722. The lowest BCUT2D eigenvalue weighted by Gasteiger charge is -2.46. The van der Waals surface area contributed by atoms with Crippen molar-refractivity contribution in [3.8, 4) is 0 Å². The fourth-order valence-electron chi connectivity index (χ4n) is 3.05. The van der Waals surface area contributed by atoms with Gasteiger partial charge in [-0.1, -0.05) is 13.8 Å². The Morgan fingerprint density at radius 2 is 1.60 bits per heavy atom. The monoisotopic (exact) mass is 283 g/mol. The van der Waals surface area contributed by atoms with Gasteiger partial charge in [-0.2, -0.15) is 0 Å². The molecule has 2 amide bonds. The summed E-state index contributed by atoms with van der Waals surface area (Å²) in [6.07, 6.45) is 1.64. The van der Waals surface area contributed by atoms with E-state index in [1.807, 2.05) is 13.8 Å². The molecule has 0 bridgehead atoms. The van der Waals surface area contributed by atoms with E-state index in [9.17, 15) is 9.59 Å². The Morgan fingerprint density at radius 3 is 2.05 bits per heavy atom. The third-order valence-corrected chi connectivity index (χ3v) is 3.40. The lowest BCUT2D eigenvalue weighted by Crippen LogP contribution is -2.62. The maximum Gasteiger partial charge on any atom is 0.309 e. The van der Waals surface area contributed by atoms with Gasteiger partial charge in [0.1, 0.15) is 0 Å². The van der Waals surface area contributed by atoms with Crippen LogP contribution >= 0.6 is 0 Å². The molecule has 1 rings (SSSR count). The van der Waals surface area contributed by atoms with Crippen molar-refractivity contribution in [3.05, 3.63) is 0 Å². The lowest BCUT2D eigenvalue weighted by atomic mass is 9.79. The number of amides is 2. The number of piperidine rings is 1. The Labute approximate surface area is 122 Å². The van der Waals surface area contributed by atoms with Crippen molar-refractivity contribution in [1.82, 2.24) is 16.0 Å². The van der Waals surface area contributed by atoms with Gasteiger partial charge in [0.05, 0.1) is 0 Å². The number of rotatable bonds is 3. The zero-order chi connectivity index (χ0) is 15.6. The van der Waals surface area contributed by atoms with Crippen LogP contribution in [0.2, 0.25) is 0 Å². The second-order valence-electron chi connectivity index (χ2n) is 7.58. The second-order valence-corrected chi connectivity index (χ2v) is 7.58. The fourth-order valence-corrected chi connectivity index (χ4v) is 3.05. The summed E-state index contributed by atoms with van der Waals surface area (Å²) in [5, 5.41) is 9.06. The summed E-state index contributed by atoms with van der Waals surface area (Å²) in [6.45, 7) is 13.0. The summed E-state index contributed by atoms with van der Waals surface area (Å²) in [4.78, 5) is 23.6. The third-order valence-electron chi connectivity index (χ3n) is 3.40. The Hall–Kier alpha value is -1.10. The van der Waals surface area contributed by atoms with Crippen LogP contribution in [0.4, 0.5) is 0 Å². The highest BCUT2D eigenvalue weighted by molar-refractivity contribution is 6.35. The van der Waals surface area contributed by atoms with Crippen LogP contribution in [0, 0.1) is 5.92 Å². The van der Waals surface area contributed by atoms with Crippen LogP contribution in [-0.4, -0.2) is 35.5 Å². The van der Waals surface area contributed by atoms with Gasteiger partial charge < -0.3 is 16.0 Å². The zero-order valence-corrected chi connectivity index (χ0v) is 13.6. The summed E-state index contributed by atoms with van der Waals surface area (Å²) >= 11 is 0. The SMILES string of the molecule is CC(C)CNC(=O)C(=O)NC1CC(C)(C)NC(C)(C)C1. The van der Waals surface area contributed by atoms with Gasteiger partial charge in [0.25, 0.3) is 0 Å². The molecule has 1 saturated heterocycles. The van der Waals surface area contributed by atoms with Gasteiger partial charge in [0.2, 0.25) is 0 Å². The Morgan fingerprint density at radius 1 is 1.10 bits per heavy atom. The third kappa shape index (κ3) is 5.49. The summed E-state index contributed by atoms with van der Waals surface area (Å²) in [7, 11) is 0. The van der Waals surface area contributed by atoms with Crippen molar-refractivity contribution >= 4 is 11.8 Å². The molecule has 5 heteroatoms. The Balaban J connectivity index is 2.55. The molecule has 116 valence electrons. The maximum atomic E-state index is 11.9. The quantitative estimate of drug-likeness (QED) is 0.681. The van der Waals surface area contributed by atoms with E-state index >= 15 is 0 Å². The molecule has 0 atom stereocenters. The predicted molar refractivity (Wildman–Crippen MR) is 80.3 cm³/mol. The molecule has 0 unspecified atom stereocenters. The molecule has 0 radical (unpaired) electrons. The smallest absolute Gasteiger partial charge is 0.309 e. The van der Waals surface area contributed by atoms with Crippen molar-refractivity contribution in [1.29, 1.82) is 0 Å². The van der Waals surface area contributed by atoms with E-state index in [0.29, 0.717) is 12.5 Å². The molecule has 1 aliphatic heterocycles. The Kier molecular flexibility index (Phi) is 5.19. The summed E-state index contributed by atoms with van der Waals surface area (Å²) in [6, 6.07) is 0.0264. The molecule has 1 fully saturated rings. The average Bonchev–Trinajstić information content (AvgIpc) is 2.20. The number of carbonyl (C=O) groups is 2. The maximum absolute atomic E-state index is 11.9. The minimum atomic E-state index is -0.534. The van der Waals surface area contributed by atoms with Crippen molar-refractivity contribution in [2.45, 2.75) is 71.5 Å². The molecular formula is C15H29N3O2. The van der Waals surface area contributed by atoms with Crippen LogP contribution < -0.4 is 16.0 Å². The standard InChI is InChI=1S/C15H29N3O2/c1-10(2)9-16-12(19)13(20)17-11-7-14(3,4)18-15(5,6)8-11/h10-11,18H,7-9H2,1-6H3,(H,16,19)(H,17,20). The number of carbonyl (C=O) groups excluding carboxylic acids is 2. The molecule has 0 aromatic rings. The van der Waals surface area contributed by atoms with Crippen LogP contribution in [0.3, 0.4) is 0 Å². The highest BCUT2D eigenvalue weighted by atomic mass is 16.2. The van der Waals surface area contributed by atoms with Gasteiger partial charge >= 0.3 is 11.8 Å². The first-order chi connectivity index (χ1) is 9.01. The molecule has 0 saturated carbocycles. The summed E-state index contributed by atoms with van der Waals surface area (Å²) < 4.78 is 0. The average molecular weight is 283 g/mol. The molecule has 20 heavy (non-hydrogen) atoms. The van der Waals surface area contributed by atoms with Gasteiger partial charge in [-0.05, 0) is 46.5 Å². The van der Waals surface area contributed by atoms with Crippen LogP contribution in [-0.2, 0) is 9.59 Å². The Bertz CT molecular complexity index is 359. The molecule has 3 N–H and O–H groups in total. The lowest BCUT2D eigenvalue weighted by molar-refractivity contribution is -0.140. The molecule has 1 aliphatic rings. The van der Waals surface area contributed by atoms with Gasteiger partial charge in [-0.3, -0.25) is 9.59 Å². The van der Waals surface area contributed by atoms with Crippen molar-refractivity contribution in [2.75, 3.05) is 6.54 Å². The van der Waals surface area contributed by atoms with E-state index in [4.69, 9.17) is 0 Å². The normalized spacial score (nSPS) is 21.6. The van der Waals surface area contributed by atoms with Crippen LogP contribution in [0.25, 0.3) is 0 Å². The van der Waals surface area contributed by atoms with Gasteiger partial charge in [0, 0.05) is 23.7 Å². The van der Waals surface area contributed by atoms with Gasteiger partial charge in [-0.15, -0.1) is 0 Å². The van der Waals surface area contributed by atoms with E-state index in [0.717, 1.165) is 12.8 Å². The second kappa shape index (κ2) is 6.12. The van der Waals surface area contributed by atoms with E-state index in [1.165, 1.54) is 0 Å². The number of hydrogen-bond acceptors (Lipinski definition) is 3. The predicted octanol–water partition coefficient (Wildman–Crippen LogP) is 1.18. The van der Waals surface area contributed by atoms with Gasteiger partial charge in [-0.25, -0.2) is 0 Å². The van der Waals surface area contributed by atoms with Crippen LogP contribution in [0.1, 0.15) is 54.4 Å². The highest BCUT2D eigenvalue weighted by Gasteiger charge is 2.38. The molecule has 0 aliphatic carbocycles.